The van der Waals surface area contributed by atoms with E-state index in [1.165, 1.54) is 0 Å². The summed E-state index contributed by atoms with van der Waals surface area (Å²) in [5.41, 5.74) is 1.61. The van der Waals surface area contributed by atoms with Gasteiger partial charge in [-0.15, -0.1) is 0 Å². The average molecular weight is 303 g/mol. The summed E-state index contributed by atoms with van der Waals surface area (Å²) in [4.78, 5) is 12.1. The van der Waals surface area contributed by atoms with Gasteiger partial charge in [0.05, 0.1) is 26.0 Å². The van der Waals surface area contributed by atoms with E-state index in [0.29, 0.717) is 23.6 Å². The molecule has 1 atom stereocenters. The summed E-state index contributed by atoms with van der Waals surface area (Å²) >= 11 is 0. The molecule has 0 aliphatic rings. The summed E-state index contributed by atoms with van der Waals surface area (Å²) in [6, 6.07) is 7.19. The van der Waals surface area contributed by atoms with E-state index in [0.717, 1.165) is 5.69 Å². The number of aryl methyl sites for hydroxylation is 1. The third-order valence-corrected chi connectivity index (χ3v) is 3.34. The highest BCUT2D eigenvalue weighted by Gasteiger charge is 2.13. The Balaban J connectivity index is 2.00. The van der Waals surface area contributed by atoms with E-state index in [2.05, 4.69) is 10.4 Å². The van der Waals surface area contributed by atoms with Crippen LogP contribution in [-0.2, 0) is 4.79 Å². The topological polar surface area (TPSA) is 65.4 Å². The number of ether oxygens (including phenoxy) is 2. The highest BCUT2D eigenvalue weighted by molar-refractivity contribution is 5.91. The van der Waals surface area contributed by atoms with Crippen molar-refractivity contribution >= 4 is 11.6 Å². The third-order valence-electron chi connectivity index (χ3n) is 3.34. The van der Waals surface area contributed by atoms with Crippen molar-refractivity contribution in [2.24, 2.45) is 0 Å². The lowest BCUT2D eigenvalue weighted by atomic mass is 10.2. The molecule has 0 radical (unpaired) electrons. The molecule has 1 aromatic heterocycles. The van der Waals surface area contributed by atoms with Gasteiger partial charge >= 0.3 is 0 Å². The Labute approximate surface area is 130 Å². The Morgan fingerprint density at radius 2 is 2.00 bits per heavy atom. The standard InChI is InChI=1S/C16H21N3O3/c1-11-7-8-19(18-11)12(2)9-16(20)17-13-5-6-14(21-3)15(10-13)22-4/h5-8,10,12H,9H2,1-4H3,(H,17,20)/t12-/m0/s1. The number of amides is 1. The number of carbonyl (C=O) groups excluding carboxylic acids is 1. The number of anilines is 1. The lowest BCUT2D eigenvalue weighted by molar-refractivity contribution is -0.116. The Bertz CT molecular complexity index is 652. The summed E-state index contributed by atoms with van der Waals surface area (Å²) < 4.78 is 12.2. The van der Waals surface area contributed by atoms with Gasteiger partial charge in [0.2, 0.25) is 5.91 Å². The number of methoxy groups -OCH3 is 2. The second kappa shape index (κ2) is 6.98. The van der Waals surface area contributed by atoms with E-state index in [4.69, 9.17) is 9.47 Å². The van der Waals surface area contributed by atoms with Crippen LogP contribution in [0, 0.1) is 6.92 Å². The first-order valence-electron chi connectivity index (χ1n) is 7.07. The lowest BCUT2D eigenvalue weighted by Gasteiger charge is -2.13. The Morgan fingerprint density at radius 1 is 1.27 bits per heavy atom. The fraction of sp³-hybridized carbons (Fsp3) is 0.375. The molecule has 118 valence electrons. The van der Waals surface area contributed by atoms with Crippen molar-refractivity contribution in [1.82, 2.24) is 9.78 Å². The van der Waals surface area contributed by atoms with Crippen LogP contribution in [0.2, 0.25) is 0 Å². The number of hydrogen-bond acceptors (Lipinski definition) is 4. The Kier molecular flexibility index (Phi) is 5.04. The molecule has 0 saturated carbocycles. The fourth-order valence-electron chi connectivity index (χ4n) is 2.17. The summed E-state index contributed by atoms with van der Waals surface area (Å²) in [6.45, 7) is 3.88. The highest BCUT2D eigenvalue weighted by atomic mass is 16.5. The molecule has 0 aliphatic carbocycles. The molecule has 6 heteroatoms. The predicted molar refractivity (Wildman–Crippen MR) is 84.5 cm³/mol. The first-order chi connectivity index (χ1) is 10.5. The number of nitrogens with one attached hydrogen (secondary N) is 1. The van der Waals surface area contributed by atoms with Gasteiger partial charge in [0, 0.05) is 24.4 Å². The van der Waals surface area contributed by atoms with Crippen molar-refractivity contribution in [2.45, 2.75) is 26.3 Å². The number of aromatic nitrogens is 2. The van der Waals surface area contributed by atoms with Crippen molar-refractivity contribution in [2.75, 3.05) is 19.5 Å². The van der Waals surface area contributed by atoms with Crippen LogP contribution in [-0.4, -0.2) is 29.9 Å². The van der Waals surface area contributed by atoms with Gasteiger partial charge in [0.1, 0.15) is 0 Å². The zero-order chi connectivity index (χ0) is 16.1. The maximum Gasteiger partial charge on any atom is 0.226 e. The van der Waals surface area contributed by atoms with Crippen LogP contribution in [0.4, 0.5) is 5.69 Å². The Hall–Kier alpha value is -2.50. The molecule has 0 fully saturated rings. The number of nitrogens with zero attached hydrogens (tertiary/aromatic N) is 2. The van der Waals surface area contributed by atoms with E-state index in [9.17, 15) is 4.79 Å². The number of benzene rings is 1. The van der Waals surface area contributed by atoms with Crippen molar-refractivity contribution in [1.29, 1.82) is 0 Å². The minimum Gasteiger partial charge on any atom is -0.493 e. The van der Waals surface area contributed by atoms with Gasteiger partial charge in [0.15, 0.2) is 11.5 Å². The molecule has 0 bridgehead atoms. The highest BCUT2D eigenvalue weighted by Crippen LogP contribution is 2.29. The van der Waals surface area contributed by atoms with Crippen LogP contribution in [0.1, 0.15) is 25.1 Å². The van der Waals surface area contributed by atoms with Gasteiger partial charge in [-0.05, 0) is 32.0 Å². The monoisotopic (exact) mass is 303 g/mol. The lowest BCUT2D eigenvalue weighted by Crippen LogP contribution is -2.18. The largest absolute Gasteiger partial charge is 0.493 e. The Morgan fingerprint density at radius 3 is 2.59 bits per heavy atom. The zero-order valence-corrected chi connectivity index (χ0v) is 13.3. The quantitative estimate of drug-likeness (QED) is 0.891. The van der Waals surface area contributed by atoms with Gasteiger partial charge in [-0.2, -0.15) is 5.10 Å². The molecular weight excluding hydrogens is 282 g/mol. The normalized spacial score (nSPS) is 11.8. The molecule has 1 amide bonds. The van der Waals surface area contributed by atoms with Crippen LogP contribution >= 0.6 is 0 Å². The summed E-state index contributed by atoms with van der Waals surface area (Å²) in [6.07, 6.45) is 2.22. The molecule has 2 aromatic rings. The molecule has 6 nitrogen and oxygen atoms in total. The molecule has 0 aliphatic heterocycles. The maximum atomic E-state index is 12.1. The van der Waals surface area contributed by atoms with E-state index >= 15 is 0 Å². The molecule has 22 heavy (non-hydrogen) atoms. The molecule has 0 saturated heterocycles. The van der Waals surface area contributed by atoms with Gasteiger partial charge in [-0.1, -0.05) is 0 Å². The van der Waals surface area contributed by atoms with Gasteiger partial charge in [-0.3, -0.25) is 9.48 Å². The minimum absolute atomic E-state index is 0.00570. The molecular formula is C16H21N3O3. The average Bonchev–Trinajstić information content (AvgIpc) is 2.93. The maximum absolute atomic E-state index is 12.1. The van der Waals surface area contributed by atoms with Gasteiger partial charge in [0.25, 0.3) is 0 Å². The fourth-order valence-corrected chi connectivity index (χ4v) is 2.17. The molecule has 1 N–H and O–H groups in total. The first-order valence-corrected chi connectivity index (χ1v) is 7.07. The van der Waals surface area contributed by atoms with Crippen LogP contribution in [0.25, 0.3) is 0 Å². The van der Waals surface area contributed by atoms with Crippen molar-refractivity contribution < 1.29 is 14.3 Å². The smallest absolute Gasteiger partial charge is 0.226 e. The van der Waals surface area contributed by atoms with Crippen molar-refractivity contribution in [3.63, 3.8) is 0 Å². The molecule has 0 unspecified atom stereocenters. The van der Waals surface area contributed by atoms with Crippen molar-refractivity contribution in [3.8, 4) is 11.5 Å². The molecule has 1 aromatic carbocycles. The molecule has 2 rings (SSSR count). The zero-order valence-electron chi connectivity index (χ0n) is 13.3. The van der Waals surface area contributed by atoms with Crippen LogP contribution in [0.3, 0.4) is 0 Å². The van der Waals surface area contributed by atoms with Crippen LogP contribution in [0.15, 0.2) is 30.5 Å². The van der Waals surface area contributed by atoms with E-state index in [1.807, 2.05) is 26.1 Å². The molecule has 0 spiro atoms. The minimum atomic E-state index is -0.0760. The number of hydrogen-bond donors (Lipinski definition) is 1. The second-order valence-electron chi connectivity index (χ2n) is 5.11. The molecule has 1 heterocycles. The second-order valence-corrected chi connectivity index (χ2v) is 5.11. The van der Waals surface area contributed by atoms with Crippen LogP contribution in [0.5, 0.6) is 11.5 Å². The first kappa shape index (κ1) is 15.9. The number of carbonyl (C=O) groups is 1. The van der Waals surface area contributed by atoms with E-state index in [1.54, 1.807) is 37.1 Å². The SMILES string of the molecule is COc1ccc(NC(=O)C[C@H](C)n2ccc(C)n2)cc1OC. The van der Waals surface area contributed by atoms with Gasteiger partial charge in [-0.25, -0.2) is 0 Å². The third kappa shape index (κ3) is 3.78. The van der Waals surface area contributed by atoms with Crippen LogP contribution < -0.4 is 14.8 Å². The predicted octanol–water partition coefficient (Wildman–Crippen LogP) is 2.80. The van der Waals surface area contributed by atoms with E-state index < -0.39 is 0 Å². The van der Waals surface area contributed by atoms with Crippen molar-refractivity contribution in [3.05, 3.63) is 36.2 Å². The van der Waals surface area contributed by atoms with Gasteiger partial charge < -0.3 is 14.8 Å². The number of rotatable bonds is 6. The summed E-state index contributed by atoms with van der Waals surface area (Å²) in [7, 11) is 3.13. The van der Waals surface area contributed by atoms with E-state index in [-0.39, 0.29) is 11.9 Å². The summed E-state index contributed by atoms with van der Waals surface area (Å²) in [5.74, 6) is 1.13. The summed E-state index contributed by atoms with van der Waals surface area (Å²) in [5, 5.41) is 7.18.